The Morgan fingerprint density at radius 1 is 1.41 bits per heavy atom. The fourth-order valence-electron chi connectivity index (χ4n) is 1.64. The Kier molecular flexibility index (Phi) is 3.79. The SMILES string of the molecule is CCn1c(CBr)nnc1-c1ccc(F)cc1Cl. The van der Waals surface area contributed by atoms with Gasteiger partial charge in [0.1, 0.15) is 11.6 Å². The van der Waals surface area contributed by atoms with Crippen LogP contribution in [0, 0.1) is 5.82 Å². The van der Waals surface area contributed by atoms with Gasteiger partial charge in [-0.05, 0) is 25.1 Å². The van der Waals surface area contributed by atoms with Gasteiger partial charge in [-0.25, -0.2) is 4.39 Å². The highest BCUT2D eigenvalue weighted by Crippen LogP contribution is 2.28. The van der Waals surface area contributed by atoms with Crippen LogP contribution in [0.3, 0.4) is 0 Å². The standard InChI is InChI=1S/C11H10BrClFN3/c1-2-17-10(6-12)15-16-11(17)8-4-3-7(14)5-9(8)13/h3-5H,2,6H2,1H3. The molecule has 2 rings (SSSR count). The van der Waals surface area contributed by atoms with E-state index in [1.165, 1.54) is 12.1 Å². The topological polar surface area (TPSA) is 30.7 Å². The van der Waals surface area contributed by atoms with Gasteiger partial charge < -0.3 is 4.57 Å². The third-order valence-electron chi connectivity index (χ3n) is 2.44. The lowest BCUT2D eigenvalue weighted by molar-refractivity contribution is 0.628. The summed E-state index contributed by atoms with van der Waals surface area (Å²) in [4.78, 5) is 0. The lowest BCUT2D eigenvalue weighted by atomic mass is 10.2. The van der Waals surface area contributed by atoms with Crippen LogP contribution in [-0.4, -0.2) is 14.8 Å². The van der Waals surface area contributed by atoms with Crippen LogP contribution in [0.1, 0.15) is 12.7 Å². The Labute approximate surface area is 112 Å². The summed E-state index contributed by atoms with van der Waals surface area (Å²) in [7, 11) is 0. The molecule has 0 saturated carbocycles. The van der Waals surface area contributed by atoms with Crippen LogP contribution in [0.5, 0.6) is 0 Å². The summed E-state index contributed by atoms with van der Waals surface area (Å²) in [5.41, 5.74) is 0.689. The maximum atomic E-state index is 13.0. The molecule has 0 unspecified atom stereocenters. The summed E-state index contributed by atoms with van der Waals surface area (Å²) in [5, 5.41) is 9.11. The number of nitrogens with zero attached hydrogens (tertiary/aromatic N) is 3. The molecule has 17 heavy (non-hydrogen) atoms. The Morgan fingerprint density at radius 2 is 2.18 bits per heavy atom. The molecular formula is C11H10BrClFN3. The highest BCUT2D eigenvalue weighted by atomic mass is 79.9. The molecule has 0 atom stereocenters. The van der Waals surface area contributed by atoms with Crippen molar-refractivity contribution >= 4 is 27.5 Å². The van der Waals surface area contributed by atoms with E-state index < -0.39 is 0 Å². The maximum absolute atomic E-state index is 13.0. The monoisotopic (exact) mass is 317 g/mol. The summed E-state index contributed by atoms with van der Waals surface area (Å²) < 4.78 is 14.9. The number of hydrogen-bond donors (Lipinski definition) is 0. The van der Waals surface area contributed by atoms with Gasteiger partial charge in [-0.2, -0.15) is 0 Å². The van der Waals surface area contributed by atoms with Crippen molar-refractivity contribution in [2.75, 3.05) is 0 Å². The Bertz CT molecular complexity index is 542. The van der Waals surface area contributed by atoms with E-state index >= 15 is 0 Å². The van der Waals surface area contributed by atoms with E-state index in [0.29, 0.717) is 21.7 Å². The van der Waals surface area contributed by atoms with Gasteiger partial charge in [-0.1, -0.05) is 27.5 Å². The molecule has 0 N–H and O–H groups in total. The molecule has 0 aliphatic carbocycles. The third kappa shape index (κ3) is 2.35. The van der Waals surface area contributed by atoms with E-state index in [0.717, 1.165) is 12.4 Å². The second kappa shape index (κ2) is 5.14. The number of benzene rings is 1. The Balaban J connectivity index is 2.56. The van der Waals surface area contributed by atoms with Crippen molar-refractivity contribution in [3.05, 3.63) is 34.9 Å². The van der Waals surface area contributed by atoms with E-state index in [1.54, 1.807) is 6.07 Å². The molecule has 3 nitrogen and oxygen atoms in total. The second-order valence-corrected chi connectivity index (χ2v) is 4.41. The van der Waals surface area contributed by atoms with Crippen LogP contribution in [0.2, 0.25) is 5.02 Å². The van der Waals surface area contributed by atoms with Gasteiger partial charge in [0.05, 0.1) is 10.4 Å². The van der Waals surface area contributed by atoms with Gasteiger partial charge >= 0.3 is 0 Å². The third-order valence-corrected chi connectivity index (χ3v) is 3.25. The first-order valence-corrected chi connectivity index (χ1v) is 6.60. The van der Waals surface area contributed by atoms with Crippen molar-refractivity contribution in [1.82, 2.24) is 14.8 Å². The van der Waals surface area contributed by atoms with Gasteiger partial charge in [-0.15, -0.1) is 10.2 Å². The zero-order valence-corrected chi connectivity index (χ0v) is 11.5. The summed E-state index contributed by atoms with van der Waals surface area (Å²) in [6.45, 7) is 2.73. The van der Waals surface area contributed by atoms with Crippen LogP contribution < -0.4 is 0 Å². The fraction of sp³-hybridized carbons (Fsp3) is 0.273. The number of halogens is 3. The lowest BCUT2D eigenvalue weighted by Crippen LogP contribution is -2.02. The van der Waals surface area contributed by atoms with Crippen LogP contribution in [-0.2, 0) is 11.9 Å². The van der Waals surface area contributed by atoms with Gasteiger partial charge in [0, 0.05) is 12.1 Å². The number of rotatable bonds is 3. The van der Waals surface area contributed by atoms with E-state index in [-0.39, 0.29) is 5.82 Å². The minimum Gasteiger partial charge on any atom is -0.311 e. The van der Waals surface area contributed by atoms with Crippen LogP contribution in [0.25, 0.3) is 11.4 Å². The second-order valence-electron chi connectivity index (χ2n) is 3.44. The van der Waals surface area contributed by atoms with E-state index in [1.807, 2.05) is 11.5 Å². The van der Waals surface area contributed by atoms with Crippen molar-refractivity contribution in [1.29, 1.82) is 0 Å². The lowest BCUT2D eigenvalue weighted by Gasteiger charge is -2.07. The van der Waals surface area contributed by atoms with Crippen LogP contribution in [0.4, 0.5) is 4.39 Å². The van der Waals surface area contributed by atoms with Gasteiger partial charge in [0.15, 0.2) is 5.82 Å². The number of aromatic nitrogens is 3. The molecule has 90 valence electrons. The predicted molar refractivity (Wildman–Crippen MR) is 68.7 cm³/mol. The molecule has 1 aromatic carbocycles. The maximum Gasteiger partial charge on any atom is 0.165 e. The molecule has 0 radical (unpaired) electrons. The van der Waals surface area contributed by atoms with Crippen molar-refractivity contribution in [3.63, 3.8) is 0 Å². The van der Waals surface area contributed by atoms with Crippen molar-refractivity contribution < 1.29 is 4.39 Å². The zero-order chi connectivity index (χ0) is 12.4. The molecule has 1 aromatic heterocycles. The minimum atomic E-state index is -0.359. The average Bonchev–Trinajstić information content (AvgIpc) is 2.71. The van der Waals surface area contributed by atoms with Gasteiger partial charge in [0.25, 0.3) is 0 Å². The molecular weight excluding hydrogens is 308 g/mol. The summed E-state index contributed by atoms with van der Waals surface area (Å²) in [6.07, 6.45) is 0. The summed E-state index contributed by atoms with van der Waals surface area (Å²) in [5.74, 6) is 1.12. The van der Waals surface area contributed by atoms with Crippen LogP contribution >= 0.6 is 27.5 Å². The van der Waals surface area contributed by atoms with Crippen LogP contribution in [0.15, 0.2) is 18.2 Å². The van der Waals surface area contributed by atoms with Crippen molar-refractivity contribution in [2.24, 2.45) is 0 Å². The normalized spacial score (nSPS) is 10.8. The largest absolute Gasteiger partial charge is 0.311 e. The molecule has 0 saturated heterocycles. The number of hydrogen-bond acceptors (Lipinski definition) is 2. The molecule has 6 heteroatoms. The highest BCUT2D eigenvalue weighted by Gasteiger charge is 2.14. The molecule has 0 aliphatic heterocycles. The number of alkyl halides is 1. The fourth-order valence-corrected chi connectivity index (χ4v) is 2.30. The zero-order valence-electron chi connectivity index (χ0n) is 9.12. The minimum absolute atomic E-state index is 0.341. The van der Waals surface area contributed by atoms with E-state index in [4.69, 9.17) is 11.6 Å². The molecule has 1 heterocycles. The van der Waals surface area contributed by atoms with Gasteiger partial charge in [0.2, 0.25) is 0 Å². The predicted octanol–water partition coefficient (Wildman–Crippen LogP) is 3.65. The average molecular weight is 319 g/mol. The first-order chi connectivity index (χ1) is 8.17. The first kappa shape index (κ1) is 12.5. The first-order valence-electron chi connectivity index (χ1n) is 5.10. The summed E-state index contributed by atoms with van der Waals surface area (Å²) in [6, 6.07) is 4.26. The Morgan fingerprint density at radius 3 is 2.76 bits per heavy atom. The van der Waals surface area contributed by atoms with Crippen molar-refractivity contribution in [3.8, 4) is 11.4 Å². The van der Waals surface area contributed by atoms with Gasteiger partial charge in [-0.3, -0.25) is 0 Å². The summed E-state index contributed by atoms with van der Waals surface area (Å²) >= 11 is 9.36. The molecule has 0 bridgehead atoms. The van der Waals surface area contributed by atoms with E-state index in [2.05, 4.69) is 26.1 Å². The molecule has 0 fully saturated rings. The highest BCUT2D eigenvalue weighted by molar-refractivity contribution is 9.08. The quantitative estimate of drug-likeness (QED) is 0.809. The molecule has 0 amide bonds. The van der Waals surface area contributed by atoms with E-state index in [9.17, 15) is 4.39 Å². The molecule has 2 aromatic rings. The molecule has 0 spiro atoms. The molecule has 0 aliphatic rings. The smallest absolute Gasteiger partial charge is 0.165 e. The van der Waals surface area contributed by atoms with Crippen molar-refractivity contribution in [2.45, 2.75) is 18.8 Å². The Hall–Kier alpha value is -0.940.